The predicted molar refractivity (Wildman–Crippen MR) is 79.5 cm³/mol. The van der Waals surface area contributed by atoms with Crippen molar-refractivity contribution in [2.45, 2.75) is 25.8 Å². The van der Waals surface area contributed by atoms with Crippen molar-refractivity contribution in [2.24, 2.45) is 5.73 Å². The maximum atomic E-state index is 11.8. The summed E-state index contributed by atoms with van der Waals surface area (Å²) in [7, 11) is 1.43. The molecule has 1 heterocycles. The van der Waals surface area contributed by atoms with Gasteiger partial charge in [0.1, 0.15) is 11.0 Å². The molecule has 1 aliphatic heterocycles. The summed E-state index contributed by atoms with van der Waals surface area (Å²) in [4.78, 5) is 14.3. The van der Waals surface area contributed by atoms with Crippen LogP contribution in [0.1, 0.15) is 24.0 Å². The zero-order chi connectivity index (χ0) is 14.0. The molecule has 1 aromatic rings. The molecule has 0 spiro atoms. The Morgan fingerprint density at radius 2 is 2.26 bits per heavy atom. The van der Waals surface area contributed by atoms with E-state index in [1.807, 2.05) is 25.1 Å². The summed E-state index contributed by atoms with van der Waals surface area (Å²) in [5.41, 5.74) is 8.60. The van der Waals surface area contributed by atoms with Crippen LogP contribution in [0.5, 0.6) is 0 Å². The average Bonchev–Trinajstić information content (AvgIpc) is 2.86. The summed E-state index contributed by atoms with van der Waals surface area (Å²) >= 11 is 4.97. The number of nitrogens with zero attached hydrogens (tertiary/aromatic N) is 1. The van der Waals surface area contributed by atoms with Crippen LogP contribution in [0.2, 0.25) is 0 Å². The van der Waals surface area contributed by atoms with E-state index in [4.69, 9.17) is 22.7 Å². The van der Waals surface area contributed by atoms with Crippen LogP contribution < -0.4 is 10.6 Å². The standard InChI is InChI=1S/C14H18N2O2S/c1-9-8-10(13(15)19)5-6-11(9)16-7-3-4-12(16)14(17)18-2/h5-6,8,12H,3-4,7H2,1-2H3,(H2,15,19). The number of thiocarbonyl (C=S) groups is 1. The molecule has 0 aliphatic carbocycles. The highest BCUT2D eigenvalue weighted by Gasteiger charge is 2.32. The monoisotopic (exact) mass is 278 g/mol. The molecule has 1 atom stereocenters. The van der Waals surface area contributed by atoms with Crippen molar-refractivity contribution in [1.29, 1.82) is 0 Å². The third-order valence-electron chi connectivity index (χ3n) is 3.52. The molecular formula is C14H18N2O2S. The molecule has 1 saturated heterocycles. The van der Waals surface area contributed by atoms with Gasteiger partial charge in [0.15, 0.2) is 0 Å². The normalized spacial score (nSPS) is 18.4. The van der Waals surface area contributed by atoms with Gasteiger partial charge in [0.25, 0.3) is 0 Å². The van der Waals surface area contributed by atoms with Gasteiger partial charge in [0.2, 0.25) is 0 Å². The van der Waals surface area contributed by atoms with Gasteiger partial charge in [-0.25, -0.2) is 4.79 Å². The summed E-state index contributed by atoms with van der Waals surface area (Å²) in [5.74, 6) is -0.171. The van der Waals surface area contributed by atoms with Crippen LogP contribution in [0.15, 0.2) is 18.2 Å². The lowest BCUT2D eigenvalue weighted by Gasteiger charge is -2.26. The third kappa shape index (κ3) is 2.71. The van der Waals surface area contributed by atoms with E-state index in [9.17, 15) is 4.79 Å². The van der Waals surface area contributed by atoms with Crippen LogP contribution in [0.4, 0.5) is 5.69 Å². The molecule has 2 rings (SSSR count). The van der Waals surface area contributed by atoms with E-state index in [1.165, 1.54) is 7.11 Å². The highest BCUT2D eigenvalue weighted by molar-refractivity contribution is 7.80. The first-order chi connectivity index (χ1) is 9.04. The lowest BCUT2D eigenvalue weighted by Crippen LogP contribution is -2.37. The Balaban J connectivity index is 2.31. The van der Waals surface area contributed by atoms with E-state index >= 15 is 0 Å². The lowest BCUT2D eigenvalue weighted by atomic mass is 10.1. The molecule has 1 aromatic carbocycles. The van der Waals surface area contributed by atoms with Gasteiger partial charge < -0.3 is 15.4 Å². The van der Waals surface area contributed by atoms with Gasteiger partial charge in [-0.15, -0.1) is 0 Å². The van der Waals surface area contributed by atoms with Crippen molar-refractivity contribution in [3.05, 3.63) is 29.3 Å². The fraction of sp³-hybridized carbons (Fsp3) is 0.429. The second kappa shape index (κ2) is 5.57. The smallest absolute Gasteiger partial charge is 0.328 e. The molecule has 19 heavy (non-hydrogen) atoms. The zero-order valence-corrected chi connectivity index (χ0v) is 12.0. The number of esters is 1. The summed E-state index contributed by atoms with van der Waals surface area (Å²) in [5, 5.41) is 0. The van der Waals surface area contributed by atoms with Gasteiger partial charge in [0, 0.05) is 17.8 Å². The number of carbonyl (C=O) groups excluding carboxylic acids is 1. The summed E-state index contributed by atoms with van der Waals surface area (Å²) in [6.07, 6.45) is 1.83. The number of methoxy groups -OCH3 is 1. The van der Waals surface area contributed by atoms with Gasteiger partial charge in [0.05, 0.1) is 7.11 Å². The van der Waals surface area contributed by atoms with Crippen molar-refractivity contribution in [3.8, 4) is 0 Å². The Morgan fingerprint density at radius 3 is 2.84 bits per heavy atom. The highest BCUT2D eigenvalue weighted by atomic mass is 32.1. The molecule has 0 bridgehead atoms. The first kappa shape index (κ1) is 13.8. The lowest BCUT2D eigenvalue weighted by molar-refractivity contribution is -0.141. The first-order valence-corrected chi connectivity index (χ1v) is 6.70. The maximum absolute atomic E-state index is 11.8. The van der Waals surface area contributed by atoms with Crippen molar-refractivity contribution < 1.29 is 9.53 Å². The molecule has 1 aliphatic rings. The molecule has 0 amide bonds. The van der Waals surface area contributed by atoms with Crippen LogP contribution in [-0.2, 0) is 9.53 Å². The van der Waals surface area contributed by atoms with Gasteiger partial charge >= 0.3 is 5.97 Å². The Morgan fingerprint density at radius 1 is 1.53 bits per heavy atom. The summed E-state index contributed by atoms with van der Waals surface area (Å²) in [6.45, 7) is 2.87. The topological polar surface area (TPSA) is 55.6 Å². The average molecular weight is 278 g/mol. The fourth-order valence-corrected chi connectivity index (χ4v) is 2.69. The van der Waals surface area contributed by atoms with Gasteiger partial charge in [-0.05, 0) is 43.5 Å². The largest absolute Gasteiger partial charge is 0.467 e. The Labute approximate surface area is 118 Å². The molecule has 0 radical (unpaired) electrons. The second-order valence-electron chi connectivity index (χ2n) is 4.74. The van der Waals surface area contributed by atoms with E-state index in [0.717, 1.165) is 36.2 Å². The maximum Gasteiger partial charge on any atom is 0.328 e. The van der Waals surface area contributed by atoms with Crippen molar-refractivity contribution >= 4 is 28.9 Å². The summed E-state index contributed by atoms with van der Waals surface area (Å²) < 4.78 is 4.87. The van der Waals surface area contributed by atoms with E-state index < -0.39 is 0 Å². The minimum Gasteiger partial charge on any atom is -0.467 e. The Kier molecular flexibility index (Phi) is 4.04. The van der Waals surface area contributed by atoms with Crippen molar-refractivity contribution in [2.75, 3.05) is 18.6 Å². The molecule has 0 saturated carbocycles. The number of rotatable bonds is 3. The molecule has 1 unspecified atom stereocenters. The van der Waals surface area contributed by atoms with E-state index in [1.54, 1.807) is 0 Å². The molecule has 5 heteroatoms. The number of carbonyl (C=O) groups is 1. The van der Waals surface area contributed by atoms with Crippen molar-refractivity contribution in [3.63, 3.8) is 0 Å². The van der Waals surface area contributed by atoms with Crippen LogP contribution in [0.25, 0.3) is 0 Å². The van der Waals surface area contributed by atoms with Gasteiger partial charge in [-0.3, -0.25) is 0 Å². The molecule has 4 nitrogen and oxygen atoms in total. The second-order valence-corrected chi connectivity index (χ2v) is 5.18. The number of aryl methyl sites for hydroxylation is 1. The van der Waals surface area contributed by atoms with Gasteiger partial charge in [-0.1, -0.05) is 12.2 Å². The van der Waals surface area contributed by atoms with Crippen LogP contribution >= 0.6 is 12.2 Å². The SMILES string of the molecule is COC(=O)C1CCCN1c1ccc(C(N)=S)cc1C. The highest BCUT2D eigenvalue weighted by Crippen LogP contribution is 2.29. The third-order valence-corrected chi connectivity index (χ3v) is 3.75. The van der Waals surface area contributed by atoms with Crippen LogP contribution in [0, 0.1) is 6.92 Å². The van der Waals surface area contributed by atoms with Crippen LogP contribution in [0.3, 0.4) is 0 Å². The molecule has 1 fully saturated rings. The van der Waals surface area contributed by atoms with Crippen LogP contribution in [-0.4, -0.2) is 30.7 Å². The Bertz CT molecular complexity index is 516. The number of nitrogens with two attached hydrogens (primary N) is 1. The van der Waals surface area contributed by atoms with E-state index in [0.29, 0.717) is 4.99 Å². The summed E-state index contributed by atoms with van der Waals surface area (Å²) in [6, 6.07) is 5.66. The van der Waals surface area contributed by atoms with E-state index in [-0.39, 0.29) is 12.0 Å². The quantitative estimate of drug-likeness (QED) is 0.674. The molecular weight excluding hydrogens is 260 g/mol. The number of anilines is 1. The zero-order valence-electron chi connectivity index (χ0n) is 11.2. The van der Waals surface area contributed by atoms with E-state index in [2.05, 4.69) is 4.90 Å². The minimum absolute atomic E-state index is 0.171. The Hall–Kier alpha value is -1.62. The molecule has 2 N–H and O–H groups in total. The first-order valence-electron chi connectivity index (χ1n) is 6.29. The predicted octanol–water partition coefficient (Wildman–Crippen LogP) is 1.77. The fourth-order valence-electron chi connectivity index (χ4n) is 2.57. The minimum atomic E-state index is -0.181. The number of hydrogen-bond acceptors (Lipinski definition) is 4. The number of ether oxygens (including phenoxy) is 1. The van der Waals surface area contributed by atoms with Gasteiger partial charge in [-0.2, -0.15) is 0 Å². The van der Waals surface area contributed by atoms with Crippen molar-refractivity contribution in [1.82, 2.24) is 0 Å². The number of hydrogen-bond donors (Lipinski definition) is 1. The number of benzene rings is 1. The molecule has 0 aromatic heterocycles. The molecule has 102 valence electrons.